The minimum Gasteiger partial charge on any atom is -0.481 e. The van der Waals surface area contributed by atoms with Crippen molar-refractivity contribution in [2.24, 2.45) is 5.92 Å². The molecule has 0 spiro atoms. The number of amides is 1. The summed E-state index contributed by atoms with van der Waals surface area (Å²) in [5.41, 5.74) is 0. The van der Waals surface area contributed by atoms with Gasteiger partial charge in [0, 0.05) is 17.3 Å². The molecule has 1 aromatic rings. The summed E-state index contributed by atoms with van der Waals surface area (Å²) in [7, 11) is 0. The molecular weight excluding hydrogens is 250 g/mol. The van der Waals surface area contributed by atoms with Crippen LogP contribution in [0.1, 0.15) is 37.6 Å². The van der Waals surface area contributed by atoms with Crippen LogP contribution < -0.4 is 0 Å². The Bertz CT molecular complexity index is 441. The SMILES string of the molecule is CC(C)N1C(=O)CC[C@H](C(=O)O)[C@H]1c1cccs1. The van der Waals surface area contributed by atoms with Crippen LogP contribution in [0.25, 0.3) is 0 Å². The van der Waals surface area contributed by atoms with E-state index in [1.165, 1.54) is 11.3 Å². The molecule has 1 aliphatic heterocycles. The average molecular weight is 267 g/mol. The predicted octanol–water partition coefficient (Wildman–Crippen LogP) is 2.52. The molecule has 2 heterocycles. The quantitative estimate of drug-likeness (QED) is 0.915. The molecule has 0 radical (unpaired) electrons. The van der Waals surface area contributed by atoms with Crippen molar-refractivity contribution in [3.63, 3.8) is 0 Å². The molecule has 1 amide bonds. The number of carboxylic acids is 1. The van der Waals surface area contributed by atoms with E-state index in [-0.39, 0.29) is 18.0 Å². The van der Waals surface area contributed by atoms with Crippen molar-refractivity contribution in [1.29, 1.82) is 0 Å². The van der Waals surface area contributed by atoms with Crippen LogP contribution in [-0.2, 0) is 9.59 Å². The fourth-order valence-electron chi connectivity index (χ4n) is 2.58. The highest BCUT2D eigenvalue weighted by Crippen LogP contribution is 2.39. The van der Waals surface area contributed by atoms with E-state index < -0.39 is 11.9 Å². The van der Waals surface area contributed by atoms with Gasteiger partial charge in [0.15, 0.2) is 0 Å². The number of likely N-dealkylation sites (tertiary alicyclic amines) is 1. The molecule has 0 aliphatic carbocycles. The number of hydrogen-bond acceptors (Lipinski definition) is 3. The van der Waals surface area contributed by atoms with Gasteiger partial charge < -0.3 is 10.0 Å². The maximum absolute atomic E-state index is 12.0. The van der Waals surface area contributed by atoms with Crippen molar-refractivity contribution in [2.75, 3.05) is 0 Å². The predicted molar refractivity (Wildman–Crippen MR) is 69.4 cm³/mol. The zero-order valence-electron chi connectivity index (χ0n) is 10.5. The van der Waals surface area contributed by atoms with Gasteiger partial charge in [0.05, 0.1) is 12.0 Å². The van der Waals surface area contributed by atoms with Crippen molar-refractivity contribution < 1.29 is 14.7 Å². The van der Waals surface area contributed by atoms with Gasteiger partial charge in [-0.1, -0.05) is 6.07 Å². The second-order valence-electron chi connectivity index (χ2n) is 4.84. The van der Waals surface area contributed by atoms with Crippen molar-refractivity contribution in [3.8, 4) is 0 Å². The molecule has 98 valence electrons. The van der Waals surface area contributed by atoms with Crippen LogP contribution in [0.15, 0.2) is 17.5 Å². The highest BCUT2D eigenvalue weighted by atomic mass is 32.1. The average Bonchev–Trinajstić information content (AvgIpc) is 2.80. The summed E-state index contributed by atoms with van der Waals surface area (Å²) in [5, 5.41) is 11.3. The number of carboxylic acid groups (broad SMARTS) is 1. The first-order chi connectivity index (χ1) is 8.52. The topological polar surface area (TPSA) is 57.6 Å². The van der Waals surface area contributed by atoms with Crippen LogP contribution in [0.4, 0.5) is 0 Å². The minimum atomic E-state index is -0.813. The number of thiophene rings is 1. The summed E-state index contributed by atoms with van der Waals surface area (Å²) in [6.45, 7) is 3.87. The largest absolute Gasteiger partial charge is 0.481 e. The highest BCUT2D eigenvalue weighted by Gasteiger charge is 2.42. The molecule has 18 heavy (non-hydrogen) atoms. The Morgan fingerprint density at radius 1 is 1.56 bits per heavy atom. The van der Waals surface area contributed by atoms with Gasteiger partial charge >= 0.3 is 5.97 Å². The second kappa shape index (κ2) is 5.10. The van der Waals surface area contributed by atoms with Crippen LogP contribution in [0, 0.1) is 5.92 Å². The zero-order chi connectivity index (χ0) is 13.3. The molecule has 0 saturated carbocycles. The van der Waals surface area contributed by atoms with Crippen molar-refractivity contribution >= 4 is 23.2 Å². The molecule has 2 atom stereocenters. The van der Waals surface area contributed by atoms with E-state index in [0.717, 1.165) is 4.88 Å². The molecular formula is C13H17NO3S. The summed E-state index contributed by atoms with van der Waals surface area (Å²) in [6.07, 6.45) is 0.761. The van der Waals surface area contributed by atoms with E-state index in [2.05, 4.69) is 0 Å². The highest BCUT2D eigenvalue weighted by molar-refractivity contribution is 7.10. The Morgan fingerprint density at radius 2 is 2.28 bits per heavy atom. The lowest BCUT2D eigenvalue weighted by Gasteiger charge is -2.41. The second-order valence-corrected chi connectivity index (χ2v) is 5.82. The Kier molecular flexibility index (Phi) is 3.71. The number of nitrogens with zero attached hydrogens (tertiary/aromatic N) is 1. The van der Waals surface area contributed by atoms with Gasteiger partial charge in [-0.25, -0.2) is 0 Å². The summed E-state index contributed by atoms with van der Waals surface area (Å²) in [5.74, 6) is -1.25. The fourth-order valence-corrected chi connectivity index (χ4v) is 3.47. The first-order valence-corrected chi connectivity index (χ1v) is 6.97. The van der Waals surface area contributed by atoms with E-state index in [0.29, 0.717) is 12.8 Å². The molecule has 1 aliphatic rings. The van der Waals surface area contributed by atoms with E-state index in [9.17, 15) is 14.7 Å². The molecule has 1 fully saturated rings. The molecule has 1 aromatic heterocycles. The standard InChI is InChI=1S/C13H17NO3S/c1-8(2)14-11(15)6-5-9(13(16)17)12(14)10-4-3-7-18-10/h3-4,7-9,12H,5-6H2,1-2H3,(H,16,17)/t9-,12-/m0/s1. The maximum atomic E-state index is 12.0. The minimum absolute atomic E-state index is 0.0201. The number of rotatable bonds is 3. The van der Waals surface area contributed by atoms with Gasteiger partial charge in [0.2, 0.25) is 5.91 Å². The molecule has 0 unspecified atom stereocenters. The van der Waals surface area contributed by atoms with Crippen molar-refractivity contribution in [2.45, 2.75) is 38.8 Å². The maximum Gasteiger partial charge on any atom is 0.308 e. The van der Waals surface area contributed by atoms with E-state index >= 15 is 0 Å². The monoisotopic (exact) mass is 267 g/mol. The van der Waals surface area contributed by atoms with Crippen LogP contribution in [0.3, 0.4) is 0 Å². The first kappa shape index (κ1) is 13.1. The normalized spacial score (nSPS) is 24.6. The van der Waals surface area contributed by atoms with E-state index in [1.54, 1.807) is 4.90 Å². The fraction of sp³-hybridized carbons (Fsp3) is 0.538. The van der Waals surface area contributed by atoms with Crippen LogP contribution in [-0.4, -0.2) is 27.9 Å². The Hall–Kier alpha value is -1.36. The van der Waals surface area contributed by atoms with Gasteiger partial charge in [-0.2, -0.15) is 0 Å². The molecule has 1 N–H and O–H groups in total. The summed E-state index contributed by atoms with van der Waals surface area (Å²) >= 11 is 1.52. The van der Waals surface area contributed by atoms with Crippen LogP contribution >= 0.6 is 11.3 Å². The lowest BCUT2D eigenvalue weighted by Crippen LogP contribution is -2.48. The molecule has 2 rings (SSSR count). The first-order valence-electron chi connectivity index (χ1n) is 6.09. The van der Waals surface area contributed by atoms with Gasteiger partial charge in [0.1, 0.15) is 0 Å². The van der Waals surface area contributed by atoms with Crippen molar-refractivity contribution in [3.05, 3.63) is 22.4 Å². The summed E-state index contributed by atoms with van der Waals surface area (Å²) < 4.78 is 0. The Balaban J connectivity index is 2.41. The molecule has 5 heteroatoms. The molecule has 1 saturated heterocycles. The van der Waals surface area contributed by atoms with E-state index in [1.807, 2.05) is 31.4 Å². The number of carbonyl (C=O) groups is 2. The smallest absolute Gasteiger partial charge is 0.308 e. The van der Waals surface area contributed by atoms with Crippen LogP contribution in [0.2, 0.25) is 0 Å². The zero-order valence-corrected chi connectivity index (χ0v) is 11.3. The lowest BCUT2D eigenvalue weighted by molar-refractivity contribution is -0.153. The third kappa shape index (κ3) is 2.27. The summed E-state index contributed by atoms with van der Waals surface area (Å²) in [4.78, 5) is 26.1. The number of piperidine rings is 1. The third-order valence-corrected chi connectivity index (χ3v) is 4.29. The number of carbonyl (C=O) groups excluding carboxylic acids is 1. The molecule has 0 aromatic carbocycles. The van der Waals surface area contributed by atoms with Crippen molar-refractivity contribution in [1.82, 2.24) is 4.90 Å². The summed E-state index contributed by atoms with van der Waals surface area (Å²) in [6, 6.07) is 3.52. The van der Waals surface area contributed by atoms with Gasteiger partial charge in [-0.3, -0.25) is 9.59 Å². The van der Waals surface area contributed by atoms with Gasteiger partial charge in [0.25, 0.3) is 0 Å². The van der Waals surface area contributed by atoms with Gasteiger partial charge in [-0.15, -0.1) is 11.3 Å². The van der Waals surface area contributed by atoms with Crippen LogP contribution in [0.5, 0.6) is 0 Å². The number of aliphatic carboxylic acids is 1. The van der Waals surface area contributed by atoms with E-state index in [4.69, 9.17) is 0 Å². The van der Waals surface area contributed by atoms with Gasteiger partial charge in [-0.05, 0) is 31.7 Å². The third-order valence-electron chi connectivity index (χ3n) is 3.35. The number of hydrogen-bond donors (Lipinski definition) is 1. The Morgan fingerprint density at radius 3 is 2.78 bits per heavy atom. The Labute approximate surface area is 110 Å². The lowest BCUT2D eigenvalue weighted by atomic mass is 9.87. The molecule has 0 bridgehead atoms. The molecule has 4 nitrogen and oxygen atoms in total.